The molecule has 3 aromatic rings. The molecule has 132 valence electrons. The van der Waals surface area contributed by atoms with Crippen molar-refractivity contribution in [2.24, 2.45) is 4.99 Å². The molecule has 0 aliphatic heterocycles. The van der Waals surface area contributed by atoms with E-state index < -0.39 is 0 Å². The molecule has 1 N–H and O–H groups in total. The van der Waals surface area contributed by atoms with Gasteiger partial charge in [-0.25, -0.2) is 0 Å². The second-order valence-corrected chi connectivity index (χ2v) is 7.66. The van der Waals surface area contributed by atoms with E-state index in [-0.39, 0.29) is 11.2 Å². The first-order valence-corrected chi connectivity index (χ1v) is 8.88. The summed E-state index contributed by atoms with van der Waals surface area (Å²) in [7, 11) is 0. The molecule has 0 atom stereocenters. The Balaban J connectivity index is 1.87. The molecule has 3 aromatic carbocycles. The van der Waals surface area contributed by atoms with Gasteiger partial charge in [0.25, 0.3) is 0 Å². The molecule has 0 aromatic heterocycles. The molecule has 0 heterocycles. The molecule has 2 heteroatoms. The first-order valence-electron chi connectivity index (χ1n) is 8.88. The molecule has 0 fully saturated rings. The Labute approximate surface area is 155 Å². The van der Waals surface area contributed by atoms with Crippen molar-refractivity contribution >= 4 is 11.9 Å². The summed E-state index contributed by atoms with van der Waals surface area (Å²) in [6.07, 6.45) is 1.72. The second kappa shape index (κ2) is 7.17. The van der Waals surface area contributed by atoms with Gasteiger partial charge in [0, 0.05) is 17.3 Å². The van der Waals surface area contributed by atoms with Gasteiger partial charge in [0.05, 0.1) is 5.69 Å². The van der Waals surface area contributed by atoms with Crippen LogP contribution in [0.1, 0.15) is 37.5 Å². The van der Waals surface area contributed by atoms with Crippen LogP contribution in [-0.2, 0) is 5.41 Å². The molecule has 0 unspecified atom stereocenters. The Bertz CT molecular complexity index is 914. The number of phenolic OH excluding ortho intramolecular Hbond substituents is 1. The zero-order valence-corrected chi connectivity index (χ0v) is 15.8. The number of phenols is 1. The van der Waals surface area contributed by atoms with Gasteiger partial charge in [-0.2, -0.15) is 0 Å². The zero-order valence-electron chi connectivity index (χ0n) is 15.8. The number of aromatic hydroxyl groups is 1. The number of aliphatic imine (C=N–C) groups is 1. The number of aryl methyl sites for hydroxylation is 1. The zero-order chi connectivity index (χ0) is 18.7. The van der Waals surface area contributed by atoms with Crippen LogP contribution in [0.15, 0.2) is 71.7 Å². The van der Waals surface area contributed by atoms with Gasteiger partial charge in [-0.05, 0) is 41.7 Å². The van der Waals surface area contributed by atoms with Crippen LogP contribution in [0.25, 0.3) is 11.1 Å². The van der Waals surface area contributed by atoms with E-state index in [2.05, 4.69) is 44.8 Å². The van der Waals surface area contributed by atoms with Gasteiger partial charge >= 0.3 is 0 Å². The normalized spacial score (nSPS) is 11.8. The van der Waals surface area contributed by atoms with Crippen LogP contribution in [0.5, 0.6) is 5.75 Å². The van der Waals surface area contributed by atoms with Gasteiger partial charge in [0.1, 0.15) is 5.75 Å². The van der Waals surface area contributed by atoms with Crippen molar-refractivity contribution in [3.05, 3.63) is 83.4 Å². The molecule has 0 spiro atoms. The minimum absolute atomic E-state index is 0.128. The minimum atomic E-state index is 0.128. The second-order valence-electron chi connectivity index (χ2n) is 7.66. The van der Waals surface area contributed by atoms with E-state index in [1.165, 1.54) is 11.1 Å². The highest BCUT2D eigenvalue weighted by atomic mass is 16.3. The average molecular weight is 343 g/mol. The maximum Gasteiger partial charge on any atom is 0.132 e. The predicted octanol–water partition coefficient (Wildman–Crippen LogP) is 6.42. The smallest absolute Gasteiger partial charge is 0.132 e. The van der Waals surface area contributed by atoms with E-state index in [4.69, 9.17) is 0 Å². The van der Waals surface area contributed by atoms with Gasteiger partial charge in [-0.3, -0.25) is 4.99 Å². The van der Waals surface area contributed by atoms with E-state index in [0.29, 0.717) is 5.56 Å². The Morgan fingerprint density at radius 3 is 2.12 bits per heavy atom. The number of nitrogens with zero attached hydrogens (tertiary/aromatic N) is 1. The highest BCUT2D eigenvalue weighted by Gasteiger charge is 2.12. The molecule has 0 amide bonds. The maximum absolute atomic E-state index is 10.6. The topological polar surface area (TPSA) is 32.6 Å². The van der Waals surface area contributed by atoms with Crippen molar-refractivity contribution in [2.45, 2.75) is 33.1 Å². The predicted molar refractivity (Wildman–Crippen MR) is 111 cm³/mol. The van der Waals surface area contributed by atoms with Crippen LogP contribution in [-0.4, -0.2) is 11.3 Å². The Morgan fingerprint density at radius 2 is 1.50 bits per heavy atom. The van der Waals surface area contributed by atoms with Crippen molar-refractivity contribution in [3.63, 3.8) is 0 Å². The molecule has 0 saturated heterocycles. The lowest BCUT2D eigenvalue weighted by atomic mass is 9.87. The van der Waals surface area contributed by atoms with E-state index in [1.807, 2.05) is 54.6 Å². The summed E-state index contributed by atoms with van der Waals surface area (Å²) in [6, 6.07) is 22.1. The lowest BCUT2D eigenvalue weighted by Crippen LogP contribution is -2.10. The van der Waals surface area contributed by atoms with Crippen LogP contribution < -0.4 is 0 Å². The van der Waals surface area contributed by atoms with Gasteiger partial charge in [-0.15, -0.1) is 0 Å². The Morgan fingerprint density at radius 1 is 0.846 bits per heavy atom. The SMILES string of the molecule is Cc1ccc(-c2cccc(C=Nc3ccc(C(C)(C)C)cc3)c2O)cc1. The molecule has 0 aliphatic carbocycles. The monoisotopic (exact) mass is 343 g/mol. The van der Waals surface area contributed by atoms with Crippen LogP contribution in [0.3, 0.4) is 0 Å². The molecule has 0 aliphatic rings. The van der Waals surface area contributed by atoms with Crippen LogP contribution >= 0.6 is 0 Å². The molecule has 26 heavy (non-hydrogen) atoms. The van der Waals surface area contributed by atoms with Gasteiger partial charge < -0.3 is 5.11 Å². The Hall–Kier alpha value is -2.87. The van der Waals surface area contributed by atoms with Gasteiger partial charge in [0.2, 0.25) is 0 Å². The minimum Gasteiger partial charge on any atom is -0.507 e. The number of rotatable bonds is 3. The molecular weight excluding hydrogens is 318 g/mol. The fourth-order valence-corrected chi connectivity index (χ4v) is 2.82. The largest absolute Gasteiger partial charge is 0.507 e. The van der Waals surface area contributed by atoms with E-state index in [1.54, 1.807) is 6.21 Å². The highest BCUT2D eigenvalue weighted by Crippen LogP contribution is 2.32. The standard InChI is InChI=1S/C24H25NO/c1-17-8-10-18(11-9-17)22-7-5-6-19(23(22)26)16-25-21-14-12-20(13-15-21)24(2,3)4/h5-16,26H,1-4H3. The first kappa shape index (κ1) is 17.9. The third-order valence-electron chi connectivity index (χ3n) is 4.52. The molecule has 0 bridgehead atoms. The highest BCUT2D eigenvalue weighted by molar-refractivity contribution is 5.89. The number of hydrogen-bond acceptors (Lipinski definition) is 2. The maximum atomic E-state index is 10.6. The summed E-state index contributed by atoms with van der Waals surface area (Å²) in [6.45, 7) is 8.64. The molecule has 0 saturated carbocycles. The number of para-hydroxylation sites is 1. The van der Waals surface area contributed by atoms with Crippen molar-refractivity contribution in [1.29, 1.82) is 0 Å². The molecular formula is C24H25NO. The van der Waals surface area contributed by atoms with Crippen molar-refractivity contribution in [1.82, 2.24) is 0 Å². The third-order valence-corrected chi connectivity index (χ3v) is 4.52. The number of hydrogen-bond donors (Lipinski definition) is 1. The Kier molecular flexibility index (Phi) is 4.94. The van der Waals surface area contributed by atoms with Crippen molar-refractivity contribution < 1.29 is 5.11 Å². The first-order chi connectivity index (χ1) is 12.3. The summed E-state index contributed by atoms with van der Waals surface area (Å²) in [5.74, 6) is 0.256. The fraction of sp³-hybridized carbons (Fsp3) is 0.208. The summed E-state index contributed by atoms with van der Waals surface area (Å²) >= 11 is 0. The lowest BCUT2D eigenvalue weighted by Gasteiger charge is -2.18. The summed E-state index contributed by atoms with van der Waals surface area (Å²) in [4.78, 5) is 4.52. The molecule has 2 nitrogen and oxygen atoms in total. The lowest BCUT2D eigenvalue weighted by molar-refractivity contribution is 0.476. The van der Waals surface area contributed by atoms with Crippen molar-refractivity contribution in [3.8, 4) is 16.9 Å². The van der Waals surface area contributed by atoms with Crippen molar-refractivity contribution in [2.75, 3.05) is 0 Å². The fourth-order valence-electron chi connectivity index (χ4n) is 2.82. The van der Waals surface area contributed by atoms with Gasteiger partial charge in [0.15, 0.2) is 0 Å². The summed E-state index contributed by atoms with van der Waals surface area (Å²) in [5, 5.41) is 10.6. The molecule has 0 radical (unpaired) electrons. The van der Waals surface area contributed by atoms with Crippen LogP contribution in [0.4, 0.5) is 5.69 Å². The van der Waals surface area contributed by atoms with Gasteiger partial charge in [-0.1, -0.05) is 74.9 Å². The third kappa shape index (κ3) is 4.02. The average Bonchev–Trinajstić information content (AvgIpc) is 2.61. The van der Waals surface area contributed by atoms with E-state index in [0.717, 1.165) is 16.8 Å². The summed E-state index contributed by atoms with van der Waals surface area (Å²) < 4.78 is 0. The summed E-state index contributed by atoms with van der Waals surface area (Å²) in [5.41, 5.74) is 6.00. The van der Waals surface area contributed by atoms with Crippen LogP contribution in [0.2, 0.25) is 0 Å². The van der Waals surface area contributed by atoms with E-state index in [9.17, 15) is 5.11 Å². The molecule has 3 rings (SSSR count). The van der Waals surface area contributed by atoms with Crippen LogP contribution in [0, 0.1) is 6.92 Å². The number of benzene rings is 3. The quantitative estimate of drug-likeness (QED) is 0.547. The van der Waals surface area contributed by atoms with E-state index >= 15 is 0 Å².